The molecule has 0 radical (unpaired) electrons. The van der Waals surface area contributed by atoms with Crippen LogP contribution < -0.4 is 9.80 Å². The highest BCUT2D eigenvalue weighted by atomic mass is 16.5. The second-order valence-corrected chi connectivity index (χ2v) is 6.55. The van der Waals surface area contributed by atoms with Gasteiger partial charge in [-0.2, -0.15) is 14.6 Å². The normalized spacial score (nSPS) is 17.8. The van der Waals surface area contributed by atoms with Crippen LogP contribution in [0.25, 0.3) is 5.78 Å². The SMILES string of the molecule is CC[C@H]1CN(c2ccccc2)CCN1c1cc(COC)nc2ncnn12. The number of rotatable bonds is 5. The lowest BCUT2D eigenvalue weighted by Crippen LogP contribution is -2.53. The van der Waals surface area contributed by atoms with Crippen LogP contribution in [0.4, 0.5) is 11.5 Å². The van der Waals surface area contributed by atoms with Crippen molar-refractivity contribution in [2.45, 2.75) is 26.0 Å². The summed E-state index contributed by atoms with van der Waals surface area (Å²) in [4.78, 5) is 13.7. The molecule has 1 atom stereocenters. The molecule has 0 amide bonds. The third kappa shape index (κ3) is 3.10. The Balaban J connectivity index is 1.65. The topological polar surface area (TPSA) is 58.8 Å². The van der Waals surface area contributed by atoms with Crippen LogP contribution in [0.15, 0.2) is 42.7 Å². The zero-order valence-electron chi connectivity index (χ0n) is 15.2. The summed E-state index contributed by atoms with van der Waals surface area (Å²) in [6.07, 6.45) is 2.62. The number of nitrogens with zero attached hydrogens (tertiary/aromatic N) is 6. The molecule has 1 aliphatic rings. The molecular weight excluding hydrogens is 328 g/mol. The van der Waals surface area contributed by atoms with Gasteiger partial charge in [0.25, 0.3) is 5.78 Å². The van der Waals surface area contributed by atoms with Crippen molar-refractivity contribution in [1.82, 2.24) is 19.6 Å². The van der Waals surface area contributed by atoms with Crippen LogP contribution in [0.1, 0.15) is 19.0 Å². The van der Waals surface area contributed by atoms with Gasteiger partial charge in [0.2, 0.25) is 0 Å². The standard InChI is InChI=1S/C19H24N6O/c1-3-16-12-23(17-7-5-4-6-8-17)9-10-24(16)18-11-15(13-26-2)22-19-20-14-21-25(18)19/h4-8,11,14,16H,3,9-10,12-13H2,1-2H3/t16-/m0/s1. The van der Waals surface area contributed by atoms with Crippen molar-refractivity contribution < 1.29 is 4.74 Å². The summed E-state index contributed by atoms with van der Waals surface area (Å²) in [5.74, 6) is 1.66. The van der Waals surface area contributed by atoms with Gasteiger partial charge in [-0.3, -0.25) is 0 Å². The molecule has 0 bridgehead atoms. The molecule has 136 valence electrons. The molecule has 0 N–H and O–H groups in total. The van der Waals surface area contributed by atoms with Crippen molar-refractivity contribution in [1.29, 1.82) is 0 Å². The first-order chi connectivity index (χ1) is 12.8. The maximum Gasteiger partial charge on any atom is 0.254 e. The van der Waals surface area contributed by atoms with Gasteiger partial charge in [0, 0.05) is 44.5 Å². The lowest BCUT2D eigenvalue weighted by molar-refractivity contribution is 0.181. The highest BCUT2D eigenvalue weighted by Crippen LogP contribution is 2.26. The lowest BCUT2D eigenvalue weighted by Gasteiger charge is -2.43. The minimum absolute atomic E-state index is 0.397. The molecule has 0 unspecified atom stereocenters. The maximum atomic E-state index is 5.28. The average molecular weight is 352 g/mol. The number of hydrogen-bond acceptors (Lipinski definition) is 6. The number of anilines is 2. The molecule has 0 saturated carbocycles. The van der Waals surface area contributed by atoms with Crippen LogP contribution in [0.3, 0.4) is 0 Å². The van der Waals surface area contributed by atoms with Gasteiger partial charge < -0.3 is 14.5 Å². The zero-order chi connectivity index (χ0) is 17.9. The van der Waals surface area contributed by atoms with E-state index in [1.807, 2.05) is 4.52 Å². The molecule has 1 aliphatic heterocycles. The van der Waals surface area contributed by atoms with Crippen molar-refractivity contribution in [3.8, 4) is 0 Å². The number of ether oxygens (including phenoxy) is 1. The van der Waals surface area contributed by atoms with E-state index in [1.54, 1.807) is 13.4 Å². The van der Waals surface area contributed by atoms with Gasteiger partial charge in [0.1, 0.15) is 12.1 Å². The fraction of sp³-hybridized carbons (Fsp3) is 0.421. The molecule has 3 aromatic rings. The van der Waals surface area contributed by atoms with E-state index in [0.717, 1.165) is 37.6 Å². The third-order valence-electron chi connectivity index (χ3n) is 4.95. The Kier molecular flexibility index (Phi) is 4.71. The van der Waals surface area contributed by atoms with Gasteiger partial charge in [0.15, 0.2) is 0 Å². The fourth-order valence-electron chi connectivity index (χ4n) is 3.65. The van der Waals surface area contributed by atoms with Crippen LogP contribution in [-0.4, -0.2) is 52.4 Å². The monoisotopic (exact) mass is 352 g/mol. The molecular formula is C19H24N6O. The number of methoxy groups -OCH3 is 1. The summed E-state index contributed by atoms with van der Waals surface area (Å²) >= 11 is 0. The minimum atomic E-state index is 0.397. The largest absolute Gasteiger partial charge is 0.378 e. The number of fused-ring (bicyclic) bond motifs is 1. The molecule has 1 saturated heterocycles. The molecule has 0 spiro atoms. The minimum Gasteiger partial charge on any atom is -0.378 e. The molecule has 7 heteroatoms. The summed E-state index contributed by atoms with van der Waals surface area (Å²) < 4.78 is 7.11. The van der Waals surface area contributed by atoms with Gasteiger partial charge in [-0.25, -0.2) is 4.98 Å². The van der Waals surface area contributed by atoms with E-state index in [0.29, 0.717) is 18.4 Å². The number of benzene rings is 1. The first kappa shape index (κ1) is 16.8. The Morgan fingerprint density at radius 2 is 2.04 bits per heavy atom. The quantitative estimate of drug-likeness (QED) is 0.703. The van der Waals surface area contributed by atoms with Crippen molar-refractivity contribution in [3.63, 3.8) is 0 Å². The van der Waals surface area contributed by atoms with Gasteiger partial charge in [0.05, 0.1) is 12.3 Å². The first-order valence-corrected chi connectivity index (χ1v) is 9.05. The number of aromatic nitrogens is 4. The highest BCUT2D eigenvalue weighted by Gasteiger charge is 2.28. The molecule has 2 aromatic heterocycles. The molecule has 4 rings (SSSR count). The average Bonchev–Trinajstić information content (AvgIpc) is 3.16. The Morgan fingerprint density at radius 1 is 1.19 bits per heavy atom. The van der Waals surface area contributed by atoms with E-state index < -0.39 is 0 Å². The van der Waals surface area contributed by atoms with E-state index in [-0.39, 0.29) is 0 Å². The lowest BCUT2D eigenvalue weighted by atomic mass is 10.1. The van der Waals surface area contributed by atoms with Gasteiger partial charge >= 0.3 is 0 Å². The number of hydrogen-bond donors (Lipinski definition) is 0. The van der Waals surface area contributed by atoms with Crippen LogP contribution in [0.5, 0.6) is 0 Å². The summed E-state index contributed by atoms with van der Waals surface area (Å²) in [6.45, 7) is 5.59. The Hall–Kier alpha value is -2.67. The second-order valence-electron chi connectivity index (χ2n) is 6.55. The van der Waals surface area contributed by atoms with Gasteiger partial charge in [-0.1, -0.05) is 25.1 Å². The van der Waals surface area contributed by atoms with Crippen LogP contribution in [-0.2, 0) is 11.3 Å². The molecule has 3 heterocycles. The highest BCUT2D eigenvalue weighted by molar-refractivity contribution is 5.53. The van der Waals surface area contributed by atoms with E-state index in [4.69, 9.17) is 4.74 Å². The summed E-state index contributed by atoms with van der Waals surface area (Å²) in [5.41, 5.74) is 2.16. The smallest absolute Gasteiger partial charge is 0.254 e. The molecule has 0 aliphatic carbocycles. The predicted octanol–water partition coefficient (Wildman–Crippen LogP) is 2.38. The van der Waals surface area contributed by atoms with E-state index in [9.17, 15) is 0 Å². The number of piperazine rings is 1. The van der Waals surface area contributed by atoms with Crippen LogP contribution >= 0.6 is 0 Å². The maximum absolute atomic E-state index is 5.28. The van der Waals surface area contributed by atoms with Crippen molar-refractivity contribution >= 4 is 17.3 Å². The second kappa shape index (κ2) is 7.29. The Labute approximate surface area is 153 Å². The number of para-hydroxylation sites is 1. The predicted molar refractivity (Wildman–Crippen MR) is 102 cm³/mol. The van der Waals surface area contributed by atoms with Crippen molar-refractivity contribution in [2.75, 3.05) is 36.5 Å². The van der Waals surface area contributed by atoms with Crippen LogP contribution in [0, 0.1) is 0 Å². The third-order valence-corrected chi connectivity index (χ3v) is 4.95. The molecule has 7 nitrogen and oxygen atoms in total. The Morgan fingerprint density at radius 3 is 2.81 bits per heavy atom. The van der Waals surface area contributed by atoms with E-state index in [1.165, 1.54) is 5.69 Å². The van der Waals surface area contributed by atoms with Gasteiger partial charge in [-0.15, -0.1) is 0 Å². The summed E-state index contributed by atoms with van der Waals surface area (Å²) in [5, 5.41) is 4.39. The molecule has 1 aromatic carbocycles. The van der Waals surface area contributed by atoms with Crippen molar-refractivity contribution in [2.24, 2.45) is 0 Å². The van der Waals surface area contributed by atoms with E-state index in [2.05, 4.69) is 68.2 Å². The Bertz CT molecular complexity index is 865. The summed E-state index contributed by atoms with van der Waals surface area (Å²) in [7, 11) is 1.68. The van der Waals surface area contributed by atoms with Gasteiger partial charge in [-0.05, 0) is 18.6 Å². The molecule has 1 fully saturated rings. The van der Waals surface area contributed by atoms with Crippen LogP contribution in [0.2, 0.25) is 0 Å². The van der Waals surface area contributed by atoms with Crippen molar-refractivity contribution in [3.05, 3.63) is 48.4 Å². The summed E-state index contributed by atoms with van der Waals surface area (Å²) in [6, 6.07) is 13.1. The van der Waals surface area contributed by atoms with E-state index >= 15 is 0 Å². The zero-order valence-corrected chi connectivity index (χ0v) is 15.2. The molecule has 26 heavy (non-hydrogen) atoms. The first-order valence-electron chi connectivity index (χ1n) is 9.05. The fourth-order valence-corrected chi connectivity index (χ4v) is 3.65.